The summed E-state index contributed by atoms with van der Waals surface area (Å²) in [7, 11) is 0. The number of rotatable bonds is 11. The molecule has 0 unspecified atom stereocenters. The van der Waals surface area contributed by atoms with E-state index in [9.17, 15) is 71.2 Å². The van der Waals surface area contributed by atoms with Gasteiger partial charge in [-0.2, -0.15) is 0 Å². The van der Waals surface area contributed by atoms with Gasteiger partial charge < -0.3 is 104 Å². The van der Waals surface area contributed by atoms with Gasteiger partial charge in [0.1, 0.15) is 85.5 Å². The topological polar surface area (TPSA) is 354 Å². The molecular weight excluding hydrogens is 977 g/mol. The largest absolute Gasteiger partial charge is 0.481 e. The summed E-state index contributed by atoms with van der Waals surface area (Å²) < 4.78 is 48.9. The maximum absolute atomic E-state index is 13.3. The fourth-order valence-corrected chi connectivity index (χ4v) is 16.1. The van der Waals surface area contributed by atoms with Gasteiger partial charge in [0.2, 0.25) is 0 Å². The number of aliphatic carboxylic acids is 1. The van der Waals surface area contributed by atoms with Crippen LogP contribution in [-0.2, 0) is 42.7 Å². The first kappa shape index (κ1) is 56.9. The molecule has 13 N–H and O–H groups in total. The van der Waals surface area contributed by atoms with Crippen molar-refractivity contribution in [3.63, 3.8) is 0 Å². The highest BCUT2D eigenvalue weighted by Gasteiger charge is 2.71. The number of fused-ring (bicyclic) bond motifs is 7. The number of carboxylic acid groups (broad SMARTS) is 1. The van der Waals surface area contributed by atoms with Gasteiger partial charge >= 0.3 is 5.97 Å². The Morgan fingerprint density at radius 1 is 0.649 bits per heavy atom. The molecule has 0 bridgehead atoms. The van der Waals surface area contributed by atoms with Crippen LogP contribution >= 0.6 is 0 Å². The summed E-state index contributed by atoms with van der Waals surface area (Å²) in [6.07, 6.45) is -26.3. The lowest BCUT2D eigenvalue weighted by Gasteiger charge is -2.71. The molecule has 4 saturated heterocycles. The number of ether oxygens (including phenoxy) is 8. The maximum atomic E-state index is 13.3. The summed E-state index contributed by atoms with van der Waals surface area (Å²) in [5.41, 5.74) is -0.516. The Hall–Kier alpha value is -1.85. The van der Waals surface area contributed by atoms with Gasteiger partial charge in [-0.15, -0.1) is 0 Å². The molecule has 4 heterocycles. The van der Waals surface area contributed by atoms with Gasteiger partial charge in [-0.3, -0.25) is 4.79 Å². The normalized spacial score (nSPS) is 54.5. The summed E-state index contributed by atoms with van der Waals surface area (Å²) in [5, 5.41) is 142. The summed E-state index contributed by atoms with van der Waals surface area (Å²) >= 11 is 0. The standard InChI is InChI=1S/C52H82O22/c1-21-10-13-52(47(65)66)15-14-50(6)23(31(52)22(21)2)8-9-30-49(5)16-24(55)42(48(3,4)29(49)11-12-51(30,50)7)74-46-41(39(35(61)28(18-54)70-46)71-43-37(63)32(58)25(56)19-67-43)73-45-40(33(59)26(57)20-68-45)72-44-38(64)36(62)34(60)27(17-53)69-44/h8,22,24-46,53-64H,1,9-20H2,2-7H3,(H,65,66)/t22-,24+,25+,26-,27+,28+,29-,30+,31-,32-,33-,34+,35+,36-,37+,38+,39-,40+,41+,42-,43-,44-,45-,46-,49-,50+,51+,52-/m0/s1. The van der Waals surface area contributed by atoms with Gasteiger partial charge in [0.25, 0.3) is 0 Å². The Morgan fingerprint density at radius 2 is 1.24 bits per heavy atom. The molecule has 5 aliphatic carbocycles. The number of aliphatic hydroxyl groups is 12. The summed E-state index contributed by atoms with van der Waals surface area (Å²) in [6, 6.07) is 0. The van der Waals surface area contributed by atoms with E-state index in [2.05, 4.69) is 40.3 Å². The minimum Gasteiger partial charge on any atom is -0.481 e. The van der Waals surface area contributed by atoms with E-state index in [1.165, 1.54) is 5.57 Å². The van der Waals surface area contributed by atoms with Crippen molar-refractivity contribution in [3.8, 4) is 0 Å². The molecule has 0 amide bonds. The highest BCUT2D eigenvalue weighted by atomic mass is 16.8. The zero-order valence-electron chi connectivity index (χ0n) is 43.1. The molecular formula is C52H82O22. The molecule has 0 aromatic carbocycles. The molecule has 0 spiro atoms. The van der Waals surface area contributed by atoms with Gasteiger partial charge in [0, 0.05) is 5.92 Å². The highest BCUT2D eigenvalue weighted by Crippen LogP contribution is 2.76. The van der Waals surface area contributed by atoms with E-state index in [1.807, 2.05) is 13.8 Å². The Labute approximate surface area is 430 Å². The molecule has 8 fully saturated rings. The van der Waals surface area contributed by atoms with Crippen LogP contribution in [0.2, 0.25) is 0 Å². The van der Waals surface area contributed by atoms with Crippen molar-refractivity contribution in [2.45, 2.75) is 216 Å². The van der Waals surface area contributed by atoms with E-state index in [4.69, 9.17) is 37.9 Å². The molecule has 9 rings (SSSR count). The Balaban J connectivity index is 1.04. The van der Waals surface area contributed by atoms with Gasteiger partial charge in [-0.05, 0) is 90.8 Å². The van der Waals surface area contributed by atoms with Crippen molar-refractivity contribution >= 4 is 5.97 Å². The van der Waals surface area contributed by atoms with Crippen molar-refractivity contribution in [2.75, 3.05) is 26.4 Å². The molecule has 0 aromatic heterocycles. The Bertz CT molecular complexity index is 2080. The average molecular weight is 1060 g/mol. The van der Waals surface area contributed by atoms with E-state index < -0.39 is 171 Å². The molecule has 74 heavy (non-hydrogen) atoms. The molecule has 0 aromatic rings. The van der Waals surface area contributed by atoms with Crippen molar-refractivity contribution in [2.24, 2.45) is 50.7 Å². The number of allylic oxidation sites excluding steroid dienone is 3. The predicted octanol–water partition coefficient (Wildman–Crippen LogP) is -1.44. The molecule has 422 valence electrons. The lowest BCUT2D eigenvalue weighted by atomic mass is 9.33. The minimum absolute atomic E-state index is 0.000512. The average Bonchev–Trinajstić information content (AvgIpc) is 3.35. The van der Waals surface area contributed by atoms with Crippen LogP contribution in [0.3, 0.4) is 0 Å². The van der Waals surface area contributed by atoms with Gasteiger partial charge in [-0.25, -0.2) is 0 Å². The van der Waals surface area contributed by atoms with Crippen LogP contribution in [0.5, 0.6) is 0 Å². The number of carboxylic acids is 1. The maximum Gasteiger partial charge on any atom is 0.310 e. The smallest absolute Gasteiger partial charge is 0.310 e. The molecule has 4 saturated carbocycles. The van der Waals surface area contributed by atoms with Crippen LogP contribution in [0.4, 0.5) is 0 Å². The summed E-state index contributed by atoms with van der Waals surface area (Å²) in [5.74, 6) is -0.948. The Morgan fingerprint density at radius 3 is 1.91 bits per heavy atom. The van der Waals surface area contributed by atoms with E-state index in [-0.39, 0.29) is 40.9 Å². The lowest BCUT2D eigenvalue weighted by Crippen LogP contribution is -2.69. The first-order chi connectivity index (χ1) is 34.7. The fraction of sp³-hybridized carbons (Fsp3) is 0.904. The van der Waals surface area contributed by atoms with Crippen molar-refractivity contribution in [3.05, 3.63) is 23.8 Å². The van der Waals surface area contributed by atoms with Gasteiger partial charge in [0.05, 0.1) is 44.1 Å². The van der Waals surface area contributed by atoms with E-state index >= 15 is 0 Å². The van der Waals surface area contributed by atoms with Crippen molar-refractivity contribution in [1.82, 2.24) is 0 Å². The summed E-state index contributed by atoms with van der Waals surface area (Å²) in [4.78, 5) is 13.3. The van der Waals surface area contributed by atoms with E-state index in [1.54, 1.807) is 0 Å². The number of hydrogen-bond donors (Lipinski definition) is 13. The Kier molecular flexibility index (Phi) is 15.9. The fourth-order valence-electron chi connectivity index (χ4n) is 16.1. The van der Waals surface area contributed by atoms with E-state index in [0.29, 0.717) is 32.1 Å². The first-order valence-corrected chi connectivity index (χ1v) is 26.5. The second kappa shape index (κ2) is 20.7. The first-order valence-electron chi connectivity index (χ1n) is 26.5. The van der Waals surface area contributed by atoms with Gasteiger partial charge in [-0.1, -0.05) is 65.3 Å². The predicted molar refractivity (Wildman–Crippen MR) is 252 cm³/mol. The number of carbonyl (C=O) groups is 1. The third-order valence-corrected chi connectivity index (χ3v) is 20.6. The van der Waals surface area contributed by atoms with Crippen LogP contribution in [0, 0.1) is 50.7 Å². The van der Waals surface area contributed by atoms with Crippen LogP contribution in [0.25, 0.3) is 0 Å². The molecule has 9 aliphatic rings. The zero-order valence-corrected chi connectivity index (χ0v) is 43.1. The second-order valence-electron chi connectivity index (χ2n) is 24.6. The quantitative estimate of drug-likeness (QED) is 0.0832. The lowest BCUT2D eigenvalue weighted by molar-refractivity contribution is -0.405. The molecule has 28 atom stereocenters. The summed E-state index contributed by atoms with van der Waals surface area (Å²) in [6.45, 7) is 14.7. The third-order valence-electron chi connectivity index (χ3n) is 20.6. The van der Waals surface area contributed by atoms with Gasteiger partial charge in [0.15, 0.2) is 25.2 Å². The molecule has 0 radical (unpaired) electrons. The van der Waals surface area contributed by atoms with E-state index in [0.717, 1.165) is 18.4 Å². The van der Waals surface area contributed by atoms with Crippen LogP contribution in [0.1, 0.15) is 92.9 Å². The van der Waals surface area contributed by atoms with Crippen molar-refractivity contribution < 1.29 is 109 Å². The molecule has 22 heteroatoms. The number of hydrogen-bond acceptors (Lipinski definition) is 21. The van der Waals surface area contributed by atoms with Crippen LogP contribution in [0.15, 0.2) is 23.8 Å². The highest BCUT2D eigenvalue weighted by molar-refractivity contribution is 5.77. The molecule has 4 aliphatic heterocycles. The van der Waals surface area contributed by atoms with Crippen LogP contribution in [-0.4, -0.2) is 222 Å². The number of aliphatic hydroxyl groups excluding tert-OH is 12. The van der Waals surface area contributed by atoms with Crippen molar-refractivity contribution in [1.29, 1.82) is 0 Å². The monoisotopic (exact) mass is 1060 g/mol. The SMILES string of the molecule is C=C1CC[C@]2(C(=O)O)CC[C@]3(C)C(=CC[C@@H]4[C@@]5(C)C[C@@H](O)[C@H](O[C@@H]6O[C@H](CO)[C@@H](O)[C@H](O[C@@H]7OC[C@@H](O)[C@H](O)[C@H]7O)[C@H]6O[C@@H]6OC[C@H](O)[C@H](O)[C@H]6O[C@@H]6O[C@H](CO)[C@@H](O)[C@H](O)[C@H]6O)C(C)(C)[C@@H]5CC[C@]43C)[C@@H]2[C@H]1C. The minimum atomic E-state index is -1.96. The third kappa shape index (κ3) is 8.90. The second-order valence-corrected chi connectivity index (χ2v) is 24.6. The van der Waals surface area contributed by atoms with Crippen LogP contribution < -0.4 is 0 Å². The zero-order chi connectivity index (χ0) is 53.9. The molecule has 22 nitrogen and oxygen atoms in total.